The lowest BCUT2D eigenvalue weighted by molar-refractivity contribution is 0.445. The van der Waals surface area contributed by atoms with Gasteiger partial charge in [-0.2, -0.15) is 0 Å². The normalized spacial score (nSPS) is 12.2. The van der Waals surface area contributed by atoms with Crippen LogP contribution in [0.2, 0.25) is 0 Å². The van der Waals surface area contributed by atoms with E-state index in [0.29, 0.717) is 25.6 Å². The Bertz CT molecular complexity index is 630. The van der Waals surface area contributed by atoms with Crippen molar-refractivity contribution in [3.63, 3.8) is 0 Å². The molecule has 0 aliphatic heterocycles. The van der Waals surface area contributed by atoms with Crippen LogP contribution in [0, 0.1) is 6.92 Å². The average molecular weight is 503 g/mol. The lowest BCUT2D eigenvalue weighted by atomic mass is 10.4. The maximum atomic E-state index is 12.2. The Labute approximate surface area is 173 Å². The van der Waals surface area contributed by atoms with Gasteiger partial charge in [0.05, 0.1) is 29.5 Å². The van der Waals surface area contributed by atoms with Gasteiger partial charge < -0.3 is 10.2 Å². The fourth-order valence-electron chi connectivity index (χ4n) is 2.28. The van der Waals surface area contributed by atoms with E-state index >= 15 is 0 Å². The first-order chi connectivity index (χ1) is 11.3. The van der Waals surface area contributed by atoms with Gasteiger partial charge in [0, 0.05) is 32.1 Å². The highest BCUT2D eigenvalue weighted by Crippen LogP contribution is 2.10. The molecule has 0 amide bonds. The van der Waals surface area contributed by atoms with Gasteiger partial charge in [-0.25, -0.2) is 17.7 Å². The van der Waals surface area contributed by atoms with Crippen LogP contribution < -0.4 is 5.32 Å². The monoisotopic (exact) mass is 503 g/mol. The molecule has 7 nitrogen and oxygen atoms in total. The molecule has 25 heavy (non-hydrogen) atoms. The minimum absolute atomic E-state index is 0. The number of nitrogens with zero attached hydrogens (tertiary/aromatic N) is 4. The van der Waals surface area contributed by atoms with E-state index in [1.54, 1.807) is 11.3 Å². The SMILES string of the molecule is CCNC(=NCCS(=O)(=O)N(CC)CC)N(C)Cc1csc(C)n1.I. The number of aryl methyl sites for hydroxylation is 1. The predicted octanol–water partition coefficient (Wildman–Crippen LogP) is 2.14. The molecular formula is C15H30IN5O2S2. The van der Waals surface area contributed by atoms with Gasteiger partial charge in [0.25, 0.3) is 0 Å². The predicted molar refractivity (Wildman–Crippen MR) is 116 cm³/mol. The number of sulfonamides is 1. The first-order valence-corrected chi connectivity index (χ1v) is 10.7. The lowest BCUT2D eigenvalue weighted by Gasteiger charge is -2.22. The van der Waals surface area contributed by atoms with Crippen LogP contribution in [0.25, 0.3) is 0 Å². The van der Waals surface area contributed by atoms with E-state index in [4.69, 9.17) is 0 Å². The molecule has 0 radical (unpaired) electrons. The fourth-order valence-corrected chi connectivity index (χ4v) is 4.25. The zero-order valence-electron chi connectivity index (χ0n) is 15.7. The third-order valence-corrected chi connectivity index (χ3v) is 6.30. The van der Waals surface area contributed by atoms with Crippen molar-refractivity contribution in [1.29, 1.82) is 0 Å². The molecule has 0 unspecified atom stereocenters. The Morgan fingerprint density at radius 1 is 1.32 bits per heavy atom. The van der Waals surface area contributed by atoms with Crippen LogP contribution in [-0.4, -0.2) is 67.5 Å². The molecule has 0 aliphatic rings. The molecule has 0 saturated heterocycles. The number of aliphatic imine (C=N–C) groups is 1. The van der Waals surface area contributed by atoms with E-state index in [-0.39, 0.29) is 36.3 Å². The molecule has 0 bridgehead atoms. The summed E-state index contributed by atoms with van der Waals surface area (Å²) >= 11 is 1.62. The van der Waals surface area contributed by atoms with E-state index in [1.807, 2.05) is 45.0 Å². The van der Waals surface area contributed by atoms with Crippen LogP contribution in [-0.2, 0) is 16.6 Å². The van der Waals surface area contributed by atoms with Crippen LogP contribution >= 0.6 is 35.3 Å². The molecule has 146 valence electrons. The number of hydrogen-bond donors (Lipinski definition) is 1. The largest absolute Gasteiger partial charge is 0.357 e. The van der Waals surface area contributed by atoms with Gasteiger partial charge in [0.2, 0.25) is 10.0 Å². The average Bonchev–Trinajstić information content (AvgIpc) is 2.92. The fraction of sp³-hybridized carbons (Fsp3) is 0.733. The summed E-state index contributed by atoms with van der Waals surface area (Å²) in [5.41, 5.74) is 0.987. The topological polar surface area (TPSA) is 77.9 Å². The van der Waals surface area contributed by atoms with Crippen molar-refractivity contribution in [3.05, 3.63) is 16.1 Å². The maximum absolute atomic E-state index is 12.2. The van der Waals surface area contributed by atoms with Crippen LogP contribution in [0.4, 0.5) is 0 Å². The molecule has 0 aromatic carbocycles. The zero-order chi connectivity index (χ0) is 18.2. The van der Waals surface area contributed by atoms with Crippen molar-refractivity contribution in [2.45, 2.75) is 34.2 Å². The van der Waals surface area contributed by atoms with Gasteiger partial charge >= 0.3 is 0 Å². The van der Waals surface area contributed by atoms with Gasteiger partial charge in [-0.1, -0.05) is 13.8 Å². The molecule has 1 rings (SSSR count). The Morgan fingerprint density at radius 2 is 1.96 bits per heavy atom. The zero-order valence-corrected chi connectivity index (χ0v) is 19.6. The first-order valence-electron chi connectivity index (χ1n) is 8.22. The van der Waals surface area contributed by atoms with Crippen LogP contribution in [0.1, 0.15) is 31.5 Å². The molecule has 1 heterocycles. The molecule has 0 saturated carbocycles. The smallest absolute Gasteiger partial charge is 0.215 e. The highest BCUT2D eigenvalue weighted by atomic mass is 127. The summed E-state index contributed by atoms with van der Waals surface area (Å²) in [5.74, 6) is 0.714. The van der Waals surface area contributed by atoms with Gasteiger partial charge in [-0.3, -0.25) is 4.99 Å². The number of nitrogens with one attached hydrogen (secondary N) is 1. The molecule has 1 aromatic rings. The van der Waals surface area contributed by atoms with E-state index < -0.39 is 10.0 Å². The van der Waals surface area contributed by atoms with Gasteiger partial charge in [-0.05, 0) is 13.8 Å². The van der Waals surface area contributed by atoms with Gasteiger partial charge in [0.1, 0.15) is 0 Å². The summed E-state index contributed by atoms with van der Waals surface area (Å²) in [4.78, 5) is 10.9. The van der Waals surface area contributed by atoms with Crippen molar-refractivity contribution in [1.82, 2.24) is 19.5 Å². The first kappa shape index (κ1) is 24.5. The van der Waals surface area contributed by atoms with Crippen LogP contribution in [0.15, 0.2) is 10.4 Å². The molecule has 0 fully saturated rings. The standard InChI is InChI=1S/C15H29N5O2S2.HI/c1-6-16-15(19(5)11-14-12-23-13(4)18-14)17-9-10-24(21,22)20(7-2)8-3;/h12H,6-11H2,1-5H3,(H,16,17);1H. The summed E-state index contributed by atoms with van der Waals surface area (Å²) < 4.78 is 25.9. The third-order valence-electron chi connectivity index (χ3n) is 3.47. The Balaban J connectivity index is 0.00000576. The molecule has 0 atom stereocenters. The minimum atomic E-state index is -3.25. The molecule has 1 aromatic heterocycles. The summed E-state index contributed by atoms with van der Waals surface area (Å²) in [7, 11) is -1.32. The van der Waals surface area contributed by atoms with Crippen molar-refractivity contribution in [2.24, 2.45) is 4.99 Å². The van der Waals surface area contributed by atoms with Crippen molar-refractivity contribution in [2.75, 3.05) is 39.0 Å². The number of guanidine groups is 1. The second-order valence-corrected chi connectivity index (χ2v) is 8.50. The molecule has 0 spiro atoms. The van der Waals surface area contributed by atoms with Crippen molar-refractivity contribution in [3.8, 4) is 0 Å². The number of halogens is 1. The Kier molecular flexibility index (Phi) is 11.8. The highest BCUT2D eigenvalue weighted by molar-refractivity contribution is 14.0. The van der Waals surface area contributed by atoms with Gasteiger partial charge in [0.15, 0.2) is 5.96 Å². The van der Waals surface area contributed by atoms with E-state index in [2.05, 4.69) is 15.3 Å². The maximum Gasteiger partial charge on any atom is 0.215 e. The van der Waals surface area contributed by atoms with Crippen molar-refractivity contribution < 1.29 is 8.42 Å². The van der Waals surface area contributed by atoms with E-state index in [9.17, 15) is 8.42 Å². The highest BCUT2D eigenvalue weighted by Gasteiger charge is 2.18. The summed E-state index contributed by atoms with van der Waals surface area (Å²) in [6.07, 6.45) is 0. The number of thiazole rings is 1. The number of rotatable bonds is 9. The quantitative estimate of drug-likeness (QED) is 0.318. The Hall–Kier alpha value is -0.460. The number of hydrogen-bond acceptors (Lipinski definition) is 5. The lowest BCUT2D eigenvalue weighted by Crippen LogP contribution is -2.39. The molecule has 10 heteroatoms. The molecular weight excluding hydrogens is 473 g/mol. The summed E-state index contributed by atoms with van der Waals surface area (Å²) in [5, 5.41) is 6.26. The molecule has 1 N–H and O–H groups in total. The van der Waals surface area contributed by atoms with E-state index in [1.165, 1.54) is 4.31 Å². The summed E-state index contributed by atoms with van der Waals surface area (Å²) in [6, 6.07) is 0. The van der Waals surface area contributed by atoms with Crippen LogP contribution in [0.3, 0.4) is 0 Å². The third kappa shape index (κ3) is 8.18. The minimum Gasteiger partial charge on any atom is -0.357 e. The second-order valence-electron chi connectivity index (χ2n) is 5.35. The van der Waals surface area contributed by atoms with Crippen LogP contribution in [0.5, 0.6) is 0 Å². The second kappa shape index (κ2) is 12.0. The van der Waals surface area contributed by atoms with Gasteiger partial charge in [-0.15, -0.1) is 35.3 Å². The Morgan fingerprint density at radius 3 is 2.44 bits per heavy atom. The summed E-state index contributed by atoms with van der Waals surface area (Å²) in [6.45, 7) is 10.2. The van der Waals surface area contributed by atoms with Crippen molar-refractivity contribution >= 4 is 51.3 Å². The number of aromatic nitrogens is 1. The van der Waals surface area contributed by atoms with E-state index in [0.717, 1.165) is 17.2 Å². The molecule has 0 aliphatic carbocycles.